The van der Waals surface area contributed by atoms with E-state index in [1.165, 1.54) is 19.4 Å². The Kier molecular flexibility index (Phi) is 8.49. The molecule has 0 bridgehead atoms. The SMILES string of the molecule is C#Cc1ccc(C(c2ccc(C#C)cc2)[C@H](C)OC(=O)[C@H](C)CC(=O)c2nccc(OC)c2O)cc1. The average molecular weight is 482 g/mol. The number of ketones is 1. The van der Waals surface area contributed by atoms with Crippen LogP contribution in [0.4, 0.5) is 0 Å². The number of nitrogens with zero attached hydrogens (tertiary/aromatic N) is 1. The van der Waals surface area contributed by atoms with E-state index in [2.05, 4.69) is 16.8 Å². The van der Waals surface area contributed by atoms with Gasteiger partial charge in [0.15, 0.2) is 23.0 Å². The zero-order valence-electron chi connectivity index (χ0n) is 20.4. The highest BCUT2D eigenvalue weighted by Crippen LogP contribution is 2.32. The monoisotopic (exact) mass is 481 g/mol. The predicted octanol–water partition coefficient (Wildman–Crippen LogP) is 4.73. The summed E-state index contributed by atoms with van der Waals surface area (Å²) in [6, 6.07) is 16.4. The summed E-state index contributed by atoms with van der Waals surface area (Å²) in [5, 5.41) is 10.2. The molecule has 0 radical (unpaired) electrons. The van der Waals surface area contributed by atoms with E-state index in [-0.39, 0.29) is 29.5 Å². The first-order chi connectivity index (χ1) is 17.3. The number of ether oxygens (including phenoxy) is 2. The molecule has 3 rings (SSSR count). The highest BCUT2D eigenvalue weighted by atomic mass is 16.5. The Morgan fingerprint density at radius 1 is 0.944 bits per heavy atom. The zero-order valence-corrected chi connectivity index (χ0v) is 20.4. The van der Waals surface area contributed by atoms with Gasteiger partial charge in [-0.15, -0.1) is 12.8 Å². The molecule has 6 heteroatoms. The Hall–Kier alpha value is -4.55. The number of carbonyl (C=O) groups is 2. The second-order valence-electron chi connectivity index (χ2n) is 8.39. The summed E-state index contributed by atoms with van der Waals surface area (Å²) in [5.41, 5.74) is 3.16. The Morgan fingerprint density at radius 2 is 1.47 bits per heavy atom. The molecule has 2 atom stereocenters. The number of benzene rings is 2. The fraction of sp³-hybridized carbons (Fsp3) is 0.233. The summed E-state index contributed by atoms with van der Waals surface area (Å²) in [7, 11) is 1.38. The number of pyridine rings is 1. The lowest BCUT2D eigenvalue weighted by Crippen LogP contribution is -2.28. The number of aromatic nitrogens is 1. The molecule has 0 amide bonds. The molecule has 0 fully saturated rings. The van der Waals surface area contributed by atoms with Crippen LogP contribution in [-0.2, 0) is 9.53 Å². The van der Waals surface area contributed by atoms with Gasteiger partial charge in [0.25, 0.3) is 0 Å². The van der Waals surface area contributed by atoms with E-state index in [1.54, 1.807) is 13.8 Å². The first-order valence-corrected chi connectivity index (χ1v) is 11.4. The van der Waals surface area contributed by atoms with Crippen molar-refractivity contribution in [2.45, 2.75) is 32.3 Å². The van der Waals surface area contributed by atoms with Crippen molar-refractivity contribution in [2.24, 2.45) is 5.92 Å². The van der Waals surface area contributed by atoms with Crippen molar-refractivity contribution in [3.05, 3.63) is 88.7 Å². The van der Waals surface area contributed by atoms with Gasteiger partial charge in [-0.2, -0.15) is 0 Å². The van der Waals surface area contributed by atoms with Gasteiger partial charge in [0.2, 0.25) is 0 Å². The second kappa shape index (κ2) is 11.7. The highest BCUT2D eigenvalue weighted by Gasteiger charge is 2.29. The van der Waals surface area contributed by atoms with E-state index in [9.17, 15) is 14.7 Å². The summed E-state index contributed by atoms with van der Waals surface area (Å²) in [6.45, 7) is 3.40. The maximum Gasteiger partial charge on any atom is 0.309 e. The van der Waals surface area contributed by atoms with Crippen molar-refractivity contribution in [1.29, 1.82) is 0 Å². The first-order valence-electron chi connectivity index (χ1n) is 11.4. The number of carbonyl (C=O) groups excluding carboxylic acids is 2. The molecule has 1 heterocycles. The van der Waals surface area contributed by atoms with Crippen LogP contribution in [-0.4, -0.2) is 35.1 Å². The van der Waals surface area contributed by atoms with Gasteiger partial charge in [-0.05, 0) is 42.3 Å². The largest absolute Gasteiger partial charge is 0.503 e. The smallest absolute Gasteiger partial charge is 0.309 e. The van der Waals surface area contributed by atoms with E-state index < -0.39 is 23.8 Å². The normalized spacial score (nSPS) is 12.2. The van der Waals surface area contributed by atoms with Crippen LogP contribution in [0.1, 0.15) is 58.9 Å². The highest BCUT2D eigenvalue weighted by molar-refractivity contribution is 5.99. The van der Waals surface area contributed by atoms with Crippen molar-refractivity contribution >= 4 is 11.8 Å². The Balaban J connectivity index is 1.79. The predicted molar refractivity (Wildman–Crippen MR) is 137 cm³/mol. The number of rotatable bonds is 9. The molecule has 0 unspecified atom stereocenters. The lowest BCUT2D eigenvalue weighted by atomic mass is 9.86. The van der Waals surface area contributed by atoms with Crippen molar-refractivity contribution < 1.29 is 24.2 Å². The van der Waals surface area contributed by atoms with Crippen LogP contribution in [0.15, 0.2) is 60.8 Å². The van der Waals surface area contributed by atoms with Crippen LogP contribution in [0.25, 0.3) is 0 Å². The van der Waals surface area contributed by atoms with Crippen molar-refractivity contribution in [3.8, 4) is 36.2 Å². The molecule has 182 valence electrons. The molecule has 0 aliphatic heterocycles. The molecule has 2 aromatic carbocycles. The van der Waals surface area contributed by atoms with Crippen LogP contribution >= 0.6 is 0 Å². The minimum absolute atomic E-state index is 0.131. The van der Waals surface area contributed by atoms with Gasteiger partial charge in [-0.1, -0.05) is 43.0 Å². The third-order valence-corrected chi connectivity index (χ3v) is 5.91. The topological polar surface area (TPSA) is 85.7 Å². The van der Waals surface area contributed by atoms with Gasteiger partial charge in [0.05, 0.1) is 13.0 Å². The third kappa shape index (κ3) is 5.92. The molecule has 0 saturated heterocycles. The molecular weight excluding hydrogens is 454 g/mol. The molecule has 0 aliphatic rings. The van der Waals surface area contributed by atoms with E-state index in [4.69, 9.17) is 22.3 Å². The standard InChI is InChI=1S/C30H27NO5/c1-6-21-8-12-23(13-9-21)27(24-14-10-22(7-2)11-15-24)20(4)36-30(34)19(3)18-25(32)28-29(33)26(35-5)16-17-31-28/h1-2,8-17,19-20,27,33H,18H2,3-5H3/t19-,20+/m1/s1. The third-order valence-electron chi connectivity index (χ3n) is 5.91. The minimum atomic E-state index is -0.763. The molecule has 0 aliphatic carbocycles. The summed E-state index contributed by atoms with van der Waals surface area (Å²) >= 11 is 0. The number of methoxy groups -OCH3 is 1. The summed E-state index contributed by atoms with van der Waals surface area (Å²) in [4.78, 5) is 29.6. The van der Waals surface area contributed by atoms with Crippen LogP contribution < -0.4 is 4.74 Å². The quantitative estimate of drug-likeness (QED) is 0.270. The molecule has 1 N–H and O–H groups in total. The van der Waals surface area contributed by atoms with Crippen molar-refractivity contribution in [2.75, 3.05) is 7.11 Å². The van der Waals surface area contributed by atoms with E-state index in [0.717, 1.165) is 22.3 Å². The Labute approximate surface area is 211 Å². The van der Waals surface area contributed by atoms with Crippen LogP contribution in [0.5, 0.6) is 11.5 Å². The number of aromatic hydroxyl groups is 1. The summed E-state index contributed by atoms with van der Waals surface area (Å²) in [5.74, 6) is 2.88. The van der Waals surface area contributed by atoms with Crippen molar-refractivity contribution in [3.63, 3.8) is 0 Å². The number of esters is 1. The lowest BCUT2D eigenvalue weighted by molar-refractivity contribution is -0.153. The van der Waals surface area contributed by atoms with Gasteiger partial charge in [-0.3, -0.25) is 9.59 Å². The number of Topliss-reactive ketones (excluding diaryl/α,β-unsaturated/α-hetero) is 1. The van der Waals surface area contributed by atoms with Crippen molar-refractivity contribution in [1.82, 2.24) is 4.98 Å². The average Bonchev–Trinajstić information content (AvgIpc) is 2.89. The van der Waals surface area contributed by atoms with Gasteiger partial charge < -0.3 is 14.6 Å². The zero-order chi connectivity index (χ0) is 26.2. The van der Waals surface area contributed by atoms with Gasteiger partial charge in [0.1, 0.15) is 6.10 Å². The molecule has 6 nitrogen and oxygen atoms in total. The number of hydrogen-bond acceptors (Lipinski definition) is 6. The fourth-order valence-corrected chi connectivity index (χ4v) is 3.94. The van der Waals surface area contributed by atoms with Crippen LogP contribution in [0.3, 0.4) is 0 Å². The Bertz CT molecular complexity index is 1260. The lowest BCUT2D eigenvalue weighted by Gasteiger charge is -2.26. The molecule has 36 heavy (non-hydrogen) atoms. The fourth-order valence-electron chi connectivity index (χ4n) is 3.94. The van der Waals surface area contributed by atoms with Gasteiger partial charge >= 0.3 is 5.97 Å². The first kappa shape index (κ1) is 26.1. The maximum atomic E-state index is 13.0. The van der Waals surface area contributed by atoms with Gasteiger partial charge in [-0.25, -0.2) is 4.98 Å². The number of terminal acetylenes is 2. The summed E-state index contributed by atoms with van der Waals surface area (Å²) < 4.78 is 10.9. The van der Waals surface area contributed by atoms with Gasteiger partial charge in [0, 0.05) is 35.7 Å². The van der Waals surface area contributed by atoms with E-state index >= 15 is 0 Å². The van der Waals surface area contributed by atoms with E-state index in [1.807, 2.05) is 48.5 Å². The maximum absolute atomic E-state index is 13.0. The van der Waals surface area contributed by atoms with Crippen LogP contribution in [0.2, 0.25) is 0 Å². The molecule has 3 aromatic rings. The molecule has 0 saturated carbocycles. The molecule has 0 spiro atoms. The van der Waals surface area contributed by atoms with Crippen LogP contribution in [0, 0.1) is 30.6 Å². The molecular formula is C30H27NO5. The molecule has 1 aromatic heterocycles. The summed E-state index contributed by atoms with van der Waals surface area (Å²) in [6.07, 6.45) is 11.6. The minimum Gasteiger partial charge on any atom is -0.503 e. The Morgan fingerprint density at radius 3 is 1.94 bits per heavy atom. The number of hydrogen-bond donors (Lipinski definition) is 1. The van der Waals surface area contributed by atoms with E-state index in [0.29, 0.717) is 0 Å². The second-order valence-corrected chi connectivity index (χ2v) is 8.39.